The van der Waals surface area contributed by atoms with Crippen LogP contribution in [0.1, 0.15) is 59.3 Å². The van der Waals surface area contributed by atoms with E-state index in [2.05, 4.69) is 10.00 Å². The molecule has 1 N–H and O–H groups in total. The number of benzene rings is 1. The fourth-order valence-corrected chi connectivity index (χ4v) is 5.64. The van der Waals surface area contributed by atoms with Crippen molar-refractivity contribution < 1.29 is 19.4 Å². The average molecular weight is 467 g/mol. The molecule has 2 aromatic rings. The Hall–Kier alpha value is -3.04. The minimum atomic E-state index is -0.708. The molecule has 1 amide bonds. The van der Waals surface area contributed by atoms with Gasteiger partial charge >= 0.3 is 5.97 Å². The molecule has 1 spiro atoms. The van der Waals surface area contributed by atoms with Gasteiger partial charge in [0.1, 0.15) is 6.61 Å². The van der Waals surface area contributed by atoms with Gasteiger partial charge in [-0.3, -0.25) is 19.4 Å². The summed E-state index contributed by atoms with van der Waals surface area (Å²) in [7, 11) is 1.58. The van der Waals surface area contributed by atoms with Crippen LogP contribution < -0.4 is 10.5 Å². The van der Waals surface area contributed by atoms with Gasteiger partial charge in [0.25, 0.3) is 5.56 Å². The Balaban J connectivity index is 1.27. The summed E-state index contributed by atoms with van der Waals surface area (Å²) in [6.45, 7) is 6.21. The third-order valence-corrected chi connectivity index (χ3v) is 8.05. The smallest absolute Gasteiger partial charge is 0.338 e. The minimum absolute atomic E-state index is 0.0747. The molecule has 9 heteroatoms. The molecule has 2 fully saturated rings. The van der Waals surface area contributed by atoms with Crippen molar-refractivity contribution in [1.29, 1.82) is 0 Å². The van der Waals surface area contributed by atoms with E-state index in [4.69, 9.17) is 4.74 Å². The zero-order valence-electron chi connectivity index (χ0n) is 19.8. The molecule has 1 aromatic heterocycles. The summed E-state index contributed by atoms with van der Waals surface area (Å²) >= 11 is 0. The number of carbonyl (C=O) groups is 2. The Kier molecular flexibility index (Phi) is 5.56. The van der Waals surface area contributed by atoms with Crippen LogP contribution in [0.5, 0.6) is 0 Å². The number of rotatable bonds is 4. The molecule has 1 aromatic carbocycles. The van der Waals surface area contributed by atoms with E-state index >= 15 is 0 Å². The van der Waals surface area contributed by atoms with E-state index in [1.54, 1.807) is 24.1 Å². The largest absolute Gasteiger partial charge is 0.457 e. The molecule has 0 aliphatic carbocycles. The lowest BCUT2D eigenvalue weighted by molar-refractivity contribution is -0.128. The van der Waals surface area contributed by atoms with Crippen molar-refractivity contribution in [3.05, 3.63) is 56.9 Å². The molecule has 34 heavy (non-hydrogen) atoms. The second-order valence-electron chi connectivity index (χ2n) is 9.74. The van der Waals surface area contributed by atoms with Crippen LogP contribution in [0.3, 0.4) is 0 Å². The Labute approximate surface area is 197 Å². The molecule has 4 heterocycles. The minimum Gasteiger partial charge on any atom is -0.457 e. The van der Waals surface area contributed by atoms with Gasteiger partial charge < -0.3 is 9.84 Å². The standard InChI is InChI=1S/C25H30N4O5/c1-15-17(4-5-18-19(15)14-34-23(18)32)22(31)16(2)28-11-8-25(9-12-28)10-13-29(24(25)33)20-6-7-21(30)27(3)26-20/h4-7,16,22,31H,8-14H2,1-3H3/t16-,22+/m1/s1. The van der Waals surface area contributed by atoms with E-state index in [0.717, 1.165) is 36.0 Å². The number of amides is 1. The van der Waals surface area contributed by atoms with Crippen molar-refractivity contribution in [2.45, 2.75) is 51.9 Å². The van der Waals surface area contributed by atoms with E-state index in [0.29, 0.717) is 31.0 Å². The maximum absolute atomic E-state index is 13.4. The first-order valence-corrected chi connectivity index (χ1v) is 11.8. The van der Waals surface area contributed by atoms with Crippen molar-refractivity contribution in [2.24, 2.45) is 12.5 Å². The third kappa shape index (κ3) is 3.54. The highest BCUT2D eigenvalue weighted by molar-refractivity contribution is 5.99. The quantitative estimate of drug-likeness (QED) is 0.684. The molecule has 3 aliphatic heterocycles. The van der Waals surface area contributed by atoms with Crippen LogP contribution in [0.2, 0.25) is 0 Å². The van der Waals surface area contributed by atoms with E-state index in [1.807, 2.05) is 19.9 Å². The summed E-state index contributed by atoms with van der Waals surface area (Å²) < 4.78 is 6.40. The summed E-state index contributed by atoms with van der Waals surface area (Å²) in [5.74, 6) is 0.284. The molecule has 0 bridgehead atoms. The number of likely N-dealkylation sites (tertiary alicyclic amines) is 1. The molecule has 2 saturated heterocycles. The monoisotopic (exact) mass is 466 g/mol. The van der Waals surface area contributed by atoms with Crippen molar-refractivity contribution in [1.82, 2.24) is 14.7 Å². The summed E-state index contributed by atoms with van der Waals surface area (Å²) in [6, 6.07) is 6.49. The Morgan fingerprint density at radius 2 is 1.76 bits per heavy atom. The number of piperidine rings is 1. The van der Waals surface area contributed by atoms with Crippen LogP contribution in [-0.2, 0) is 23.2 Å². The highest BCUT2D eigenvalue weighted by Crippen LogP contribution is 2.43. The van der Waals surface area contributed by atoms with Gasteiger partial charge in [0.05, 0.1) is 17.1 Å². The number of hydrogen-bond donors (Lipinski definition) is 1. The Morgan fingerprint density at radius 3 is 2.47 bits per heavy atom. The first kappa shape index (κ1) is 22.7. The lowest BCUT2D eigenvalue weighted by Gasteiger charge is -2.42. The summed E-state index contributed by atoms with van der Waals surface area (Å²) in [5.41, 5.74) is 2.53. The number of aryl methyl sites for hydroxylation is 1. The molecule has 0 unspecified atom stereocenters. The topological polar surface area (TPSA) is 105 Å². The molecule has 180 valence electrons. The number of aliphatic hydroxyl groups is 1. The first-order valence-electron chi connectivity index (χ1n) is 11.8. The summed E-state index contributed by atoms with van der Waals surface area (Å²) in [5, 5.41) is 15.4. The van der Waals surface area contributed by atoms with Gasteiger partial charge in [-0.2, -0.15) is 5.10 Å². The number of anilines is 1. The van der Waals surface area contributed by atoms with Gasteiger partial charge in [-0.05, 0) is 69.5 Å². The lowest BCUT2D eigenvalue weighted by atomic mass is 9.76. The number of aromatic nitrogens is 2. The molecule has 3 aliphatic rings. The van der Waals surface area contributed by atoms with Gasteiger partial charge in [-0.25, -0.2) is 9.48 Å². The van der Waals surface area contributed by atoms with Crippen LogP contribution in [0.25, 0.3) is 0 Å². The average Bonchev–Trinajstić information content (AvgIpc) is 3.36. The van der Waals surface area contributed by atoms with Crippen molar-refractivity contribution >= 4 is 17.7 Å². The predicted octanol–water partition coefficient (Wildman–Crippen LogP) is 1.70. The normalized spacial score (nSPS) is 21.6. The maximum Gasteiger partial charge on any atom is 0.338 e. The van der Waals surface area contributed by atoms with Gasteiger partial charge in [-0.15, -0.1) is 0 Å². The number of nitrogens with zero attached hydrogens (tertiary/aromatic N) is 4. The SMILES string of the molecule is Cc1c([C@@H](O)[C@@H](C)N2CCC3(CCN(c4ccc(=O)n(C)n4)C3=O)CC2)ccc2c1COC2=O. The van der Waals surface area contributed by atoms with Crippen molar-refractivity contribution in [3.8, 4) is 0 Å². The summed E-state index contributed by atoms with van der Waals surface area (Å²) in [6.07, 6.45) is 1.49. The van der Waals surface area contributed by atoms with Crippen LogP contribution in [0.4, 0.5) is 5.82 Å². The van der Waals surface area contributed by atoms with Gasteiger partial charge in [-0.1, -0.05) is 6.07 Å². The van der Waals surface area contributed by atoms with E-state index < -0.39 is 11.5 Å². The van der Waals surface area contributed by atoms with Crippen molar-refractivity contribution in [2.75, 3.05) is 24.5 Å². The fraction of sp³-hybridized carbons (Fsp3) is 0.520. The first-order chi connectivity index (χ1) is 16.2. The number of cyclic esters (lactones) is 1. The van der Waals surface area contributed by atoms with Crippen LogP contribution >= 0.6 is 0 Å². The molecular formula is C25H30N4O5. The van der Waals surface area contributed by atoms with Gasteiger partial charge in [0, 0.05) is 31.3 Å². The van der Waals surface area contributed by atoms with Crippen LogP contribution in [0.15, 0.2) is 29.1 Å². The molecule has 5 rings (SSSR count). The van der Waals surface area contributed by atoms with Crippen molar-refractivity contribution in [3.63, 3.8) is 0 Å². The third-order valence-electron chi connectivity index (χ3n) is 8.05. The Morgan fingerprint density at radius 1 is 1.06 bits per heavy atom. The highest BCUT2D eigenvalue weighted by atomic mass is 16.5. The van der Waals surface area contributed by atoms with Crippen LogP contribution in [0, 0.1) is 12.3 Å². The molecule has 0 saturated carbocycles. The number of esters is 1. The van der Waals surface area contributed by atoms with E-state index in [9.17, 15) is 19.5 Å². The van der Waals surface area contributed by atoms with E-state index in [-0.39, 0.29) is 30.1 Å². The van der Waals surface area contributed by atoms with Crippen LogP contribution in [-0.4, -0.2) is 57.3 Å². The predicted molar refractivity (Wildman–Crippen MR) is 124 cm³/mol. The highest BCUT2D eigenvalue weighted by Gasteiger charge is 2.49. The number of fused-ring (bicyclic) bond motifs is 1. The molecular weight excluding hydrogens is 436 g/mol. The number of aliphatic hydroxyl groups excluding tert-OH is 1. The fourth-order valence-electron chi connectivity index (χ4n) is 5.64. The second-order valence-corrected chi connectivity index (χ2v) is 9.74. The number of carbonyl (C=O) groups excluding carboxylic acids is 2. The zero-order chi connectivity index (χ0) is 24.2. The molecule has 9 nitrogen and oxygen atoms in total. The number of hydrogen-bond acceptors (Lipinski definition) is 7. The maximum atomic E-state index is 13.4. The summed E-state index contributed by atoms with van der Waals surface area (Å²) in [4.78, 5) is 40.8. The Bertz CT molecular complexity index is 1210. The zero-order valence-corrected chi connectivity index (χ0v) is 19.8. The van der Waals surface area contributed by atoms with E-state index in [1.165, 1.54) is 10.7 Å². The molecule has 0 radical (unpaired) electrons. The van der Waals surface area contributed by atoms with Gasteiger partial charge in [0.2, 0.25) is 5.91 Å². The van der Waals surface area contributed by atoms with Gasteiger partial charge in [0.15, 0.2) is 5.82 Å². The number of ether oxygens (including phenoxy) is 1. The molecule has 2 atom stereocenters. The second kappa shape index (κ2) is 8.32. The lowest BCUT2D eigenvalue weighted by Crippen LogP contribution is -2.49.